The second-order valence-electron chi connectivity index (χ2n) is 7.52. The van der Waals surface area contributed by atoms with Gasteiger partial charge in [-0.25, -0.2) is 0 Å². The Morgan fingerprint density at radius 3 is 2.00 bits per heavy atom. The quantitative estimate of drug-likeness (QED) is 0.590. The Hall–Kier alpha value is -0.490. The average molecular weight is 267 g/mol. The van der Waals surface area contributed by atoms with Gasteiger partial charge >= 0.3 is 0 Å². The molecule has 0 heterocycles. The van der Waals surface area contributed by atoms with Crippen molar-refractivity contribution in [1.29, 1.82) is 0 Å². The van der Waals surface area contributed by atoms with Crippen molar-refractivity contribution < 1.29 is 0 Å². The Morgan fingerprint density at radius 1 is 1.00 bits per heavy atom. The highest BCUT2D eigenvalue weighted by Gasteiger charge is 2.31. The van der Waals surface area contributed by atoms with Crippen LogP contribution in [0.25, 0.3) is 0 Å². The smallest absolute Gasteiger partial charge is 0.0476 e. The zero-order chi connectivity index (χ0) is 14.0. The third-order valence-corrected chi connectivity index (χ3v) is 3.72. The predicted molar refractivity (Wildman–Crippen MR) is 82.3 cm³/mol. The predicted octanol–water partition coefficient (Wildman–Crippen LogP) is 5.99. The molecule has 102 valence electrons. The van der Waals surface area contributed by atoms with Gasteiger partial charge in [0.15, 0.2) is 0 Å². The number of hydrogen-bond acceptors (Lipinski definition) is 0. The van der Waals surface area contributed by atoms with E-state index in [9.17, 15) is 0 Å². The van der Waals surface area contributed by atoms with Gasteiger partial charge in [-0.1, -0.05) is 65.8 Å². The van der Waals surface area contributed by atoms with Crippen molar-refractivity contribution in [2.45, 2.75) is 59.8 Å². The first kappa shape index (κ1) is 15.6. The normalized spacial score (nSPS) is 14.6. The van der Waals surface area contributed by atoms with E-state index in [-0.39, 0.29) is 5.41 Å². The minimum Gasteiger partial charge on any atom is -0.122 e. The summed E-state index contributed by atoms with van der Waals surface area (Å²) in [5.74, 6) is 1.15. The molecular formula is C17H27Cl. The molecule has 1 aromatic carbocycles. The lowest BCUT2D eigenvalue weighted by atomic mass is 9.68. The molecule has 0 aliphatic heterocycles. The summed E-state index contributed by atoms with van der Waals surface area (Å²) in [4.78, 5) is 0. The topological polar surface area (TPSA) is 0 Å². The van der Waals surface area contributed by atoms with Gasteiger partial charge in [0, 0.05) is 5.88 Å². The lowest BCUT2D eigenvalue weighted by Crippen LogP contribution is -2.24. The zero-order valence-electron chi connectivity index (χ0n) is 12.7. The lowest BCUT2D eigenvalue weighted by molar-refractivity contribution is 0.228. The third-order valence-electron chi connectivity index (χ3n) is 3.44. The van der Waals surface area contributed by atoms with E-state index in [4.69, 9.17) is 11.6 Å². The maximum atomic E-state index is 6.10. The van der Waals surface area contributed by atoms with Gasteiger partial charge in [-0.05, 0) is 34.3 Å². The molecule has 0 radical (unpaired) electrons. The van der Waals surface area contributed by atoms with Crippen LogP contribution in [0.2, 0.25) is 0 Å². The van der Waals surface area contributed by atoms with E-state index in [1.165, 1.54) is 17.5 Å². The Balaban J connectivity index is 3.18. The van der Waals surface area contributed by atoms with Gasteiger partial charge in [0.05, 0.1) is 0 Å². The number of halogens is 1. The van der Waals surface area contributed by atoms with Crippen LogP contribution in [0.3, 0.4) is 0 Å². The second kappa shape index (κ2) is 5.65. The summed E-state index contributed by atoms with van der Waals surface area (Å²) in [6, 6.07) is 8.62. The molecule has 18 heavy (non-hydrogen) atoms. The van der Waals surface area contributed by atoms with Crippen molar-refractivity contribution in [3.63, 3.8) is 0 Å². The molecule has 0 nitrogen and oxygen atoms in total. The SMILES string of the molecule is CC(C)(C)CC(c1ccccc1CCl)C(C)(C)C. The maximum Gasteiger partial charge on any atom is 0.0476 e. The largest absolute Gasteiger partial charge is 0.122 e. The van der Waals surface area contributed by atoms with Crippen molar-refractivity contribution in [3.05, 3.63) is 35.4 Å². The monoisotopic (exact) mass is 266 g/mol. The van der Waals surface area contributed by atoms with Gasteiger partial charge in [0.1, 0.15) is 0 Å². The van der Waals surface area contributed by atoms with E-state index >= 15 is 0 Å². The summed E-state index contributed by atoms with van der Waals surface area (Å²) >= 11 is 6.10. The van der Waals surface area contributed by atoms with Crippen molar-refractivity contribution in [1.82, 2.24) is 0 Å². The van der Waals surface area contributed by atoms with Crippen LogP contribution >= 0.6 is 11.6 Å². The van der Waals surface area contributed by atoms with E-state index in [1.54, 1.807) is 0 Å². The van der Waals surface area contributed by atoms with E-state index < -0.39 is 0 Å². The van der Waals surface area contributed by atoms with Crippen LogP contribution in [0.5, 0.6) is 0 Å². The van der Waals surface area contributed by atoms with Gasteiger partial charge in [-0.3, -0.25) is 0 Å². The summed E-state index contributed by atoms with van der Waals surface area (Å²) in [5.41, 5.74) is 3.30. The lowest BCUT2D eigenvalue weighted by Gasteiger charge is -2.37. The van der Waals surface area contributed by atoms with Gasteiger partial charge < -0.3 is 0 Å². The highest BCUT2D eigenvalue weighted by molar-refractivity contribution is 6.17. The summed E-state index contributed by atoms with van der Waals surface area (Å²) in [6.45, 7) is 13.9. The van der Waals surface area contributed by atoms with E-state index in [0.717, 1.165) is 0 Å². The first-order valence-electron chi connectivity index (χ1n) is 6.79. The van der Waals surface area contributed by atoms with Crippen molar-refractivity contribution >= 4 is 11.6 Å². The summed E-state index contributed by atoms with van der Waals surface area (Å²) < 4.78 is 0. The van der Waals surface area contributed by atoms with Crippen LogP contribution in [-0.2, 0) is 5.88 Å². The Kier molecular flexibility index (Phi) is 4.89. The zero-order valence-corrected chi connectivity index (χ0v) is 13.4. The molecule has 0 fully saturated rings. The fourth-order valence-corrected chi connectivity index (χ4v) is 2.73. The minimum absolute atomic E-state index is 0.259. The van der Waals surface area contributed by atoms with Crippen molar-refractivity contribution in [3.8, 4) is 0 Å². The molecule has 0 N–H and O–H groups in total. The van der Waals surface area contributed by atoms with E-state index in [1.807, 2.05) is 0 Å². The third kappa shape index (κ3) is 4.31. The summed E-state index contributed by atoms with van der Waals surface area (Å²) in [7, 11) is 0. The van der Waals surface area contributed by atoms with Crippen LogP contribution in [-0.4, -0.2) is 0 Å². The molecule has 0 saturated carbocycles. The molecule has 1 rings (SSSR count). The number of alkyl halides is 1. The molecule has 1 atom stereocenters. The van der Waals surface area contributed by atoms with E-state index in [0.29, 0.717) is 17.2 Å². The molecule has 0 aliphatic rings. The Bertz CT molecular complexity index is 379. The summed E-state index contributed by atoms with van der Waals surface area (Å²) in [6.07, 6.45) is 1.18. The maximum absolute atomic E-state index is 6.10. The Morgan fingerprint density at radius 2 is 1.56 bits per heavy atom. The van der Waals surface area contributed by atoms with Crippen LogP contribution in [0.1, 0.15) is 65.0 Å². The fraction of sp³-hybridized carbons (Fsp3) is 0.647. The van der Waals surface area contributed by atoms with Crippen molar-refractivity contribution in [2.24, 2.45) is 10.8 Å². The molecule has 1 unspecified atom stereocenters. The minimum atomic E-state index is 0.259. The van der Waals surface area contributed by atoms with Gasteiger partial charge in [0.2, 0.25) is 0 Å². The van der Waals surface area contributed by atoms with Crippen LogP contribution in [0, 0.1) is 10.8 Å². The molecule has 0 aliphatic carbocycles. The van der Waals surface area contributed by atoms with Crippen molar-refractivity contribution in [2.75, 3.05) is 0 Å². The first-order chi connectivity index (χ1) is 8.15. The number of benzene rings is 1. The standard InChI is InChI=1S/C17H27Cl/c1-16(2,3)11-15(17(4,5)6)14-10-8-7-9-13(14)12-18/h7-10,15H,11-12H2,1-6H3. The molecule has 1 heteroatoms. The molecule has 0 saturated heterocycles. The molecule has 0 bridgehead atoms. The van der Waals surface area contributed by atoms with E-state index in [2.05, 4.69) is 65.8 Å². The summed E-state index contributed by atoms with van der Waals surface area (Å²) in [5, 5.41) is 0. The first-order valence-corrected chi connectivity index (χ1v) is 7.32. The highest BCUT2D eigenvalue weighted by Crippen LogP contribution is 2.44. The van der Waals surface area contributed by atoms with Crippen LogP contribution in [0.4, 0.5) is 0 Å². The highest BCUT2D eigenvalue weighted by atomic mass is 35.5. The average Bonchev–Trinajstić information content (AvgIpc) is 2.23. The van der Waals surface area contributed by atoms with Gasteiger partial charge in [-0.15, -0.1) is 11.6 Å². The number of hydrogen-bond donors (Lipinski definition) is 0. The van der Waals surface area contributed by atoms with Gasteiger partial charge in [0.25, 0.3) is 0 Å². The Labute approximate surface area is 118 Å². The van der Waals surface area contributed by atoms with Crippen LogP contribution in [0.15, 0.2) is 24.3 Å². The molecule has 0 aromatic heterocycles. The second-order valence-corrected chi connectivity index (χ2v) is 7.78. The molecule has 0 amide bonds. The molecule has 1 aromatic rings. The molecular weight excluding hydrogens is 240 g/mol. The van der Waals surface area contributed by atoms with Crippen LogP contribution < -0.4 is 0 Å². The number of rotatable bonds is 3. The molecule has 0 spiro atoms. The fourth-order valence-electron chi connectivity index (χ4n) is 2.49. The van der Waals surface area contributed by atoms with Gasteiger partial charge in [-0.2, -0.15) is 0 Å².